The van der Waals surface area contributed by atoms with Crippen molar-refractivity contribution in [2.45, 2.75) is 165 Å². The van der Waals surface area contributed by atoms with Crippen molar-refractivity contribution in [3.63, 3.8) is 0 Å². The standard InChI is InChI=1S/C51H70Br6N4O6/c1-39-30-31-42(58-48(64)60-44(36-40-26-18-16-19-27-40)46(62)66-34-24-14-10-6-2-4-8-12-22-32-50(52,53)54)38-43(39)59-49(65)61-45(37-41-28-20-17-21-29-41)47(63)67-35-25-15-11-7-3-5-9-13-23-33-51(55,56)57/h16-21,26-31,38,44-45H,2-15,22-25,32-37H2,1H3,(H2,58,60,64)(H2,59,61,65)/t44-,45-/m0/s1. The average Bonchev–Trinajstić information content (AvgIpc) is 3.27. The summed E-state index contributed by atoms with van der Waals surface area (Å²) in [5.41, 5.74) is 3.34. The van der Waals surface area contributed by atoms with Crippen LogP contribution in [0.1, 0.15) is 145 Å². The molecule has 0 saturated heterocycles. The molecule has 2 atom stereocenters. The summed E-state index contributed by atoms with van der Waals surface area (Å²) in [5, 5.41) is 11.3. The van der Waals surface area contributed by atoms with E-state index >= 15 is 0 Å². The number of hydrogen-bond acceptors (Lipinski definition) is 6. The Morgan fingerprint density at radius 1 is 0.478 bits per heavy atom. The molecule has 3 aromatic rings. The molecule has 4 amide bonds. The normalized spacial score (nSPS) is 12.5. The smallest absolute Gasteiger partial charge is 0.329 e. The molecule has 3 rings (SSSR count). The van der Waals surface area contributed by atoms with Crippen LogP contribution in [-0.4, -0.2) is 53.6 Å². The highest BCUT2D eigenvalue weighted by atomic mass is 80.0. The van der Waals surface area contributed by atoms with E-state index in [0.29, 0.717) is 11.4 Å². The van der Waals surface area contributed by atoms with Crippen LogP contribution in [0.5, 0.6) is 0 Å². The number of esters is 2. The monoisotopic (exact) mass is 1310 g/mol. The molecule has 0 aromatic heterocycles. The molecular formula is C51H70Br6N4O6. The fourth-order valence-electron chi connectivity index (χ4n) is 7.44. The first-order chi connectivity index (χ1) is 32.1. The van der Waals surface area contributed by atoms with Crippen LogP contribution >= 0.6 is 95.6 Å². The Morgan fingerprint density at radius 2 is 0.836 bits per heavy atom. The molecule has 0 fully saturated rings. The zero-order valence-electron chi connectivity index (χ0n) is 38.8. The summed E-state index contributed by atoms with van der Waals surface area (Å²) in [6.07, 6.45) is 22.6. The maximum Gasteiger partial charge on any atom is 0.329 e. The van der Waals surface area contributed by atoms with E-state index in [2.05, 4.69) is 117 Å². The molecule has 3 aromatic carbocycles. The summed E-state index contributed by atoms with van der Waals surface area (Å²) in [4.78, 5) is 53.5. The molecule has 0 saturated carbocycles. The Morgan fingerprint density at radius 3 is 1.22 bits per heavy atom. The van der Waals surface area contributed by atoms with Crippen LogP contribution in [0.2, 0.25) is 0 Å². The van der Waals surface area contributed by atoms with Crippen LogP contribution in [0.25, 0.3) is 0 Å². The predicted molar refractivity (Wildman–Crippen MR) is 297 cm³/mol. The Kier molecular flexibility index (Phi) is 30.4. The van der Waals surface area contributed by atoms with Gasteiger partial charge in [-0.25, -0.2) is 19.2 Å². The van der Waals surface area contributed by atoms with E-state index in [0.717, 1.165) is 93.7 Å². The zero-order valence-corrected chi connectivity index (χ0v) is 48.4. The fourth-order valence-corrected chi connectivity index (χ4v) is 9.12. The van der Waals surface area contributed by atoms with Gasteiger partial charge in [-0.2, -0.15) is 0 Å². The van der Waals surface area contributed by atoms with Gasteiger partial charge in [-0.15, -0.1) is 0 Å². The molecule has 0 radical (unpaired) electrons. The van der Waals surface area contributed by atoms with Gasteiger partial charge in [0.1, 0.15) is 16.4 Å². The SMILES string of the molecule is Cc1ccc(NC(=O)N[C@@H](Cc2ccccc2)C(=O)OCCCCCCCCCCCC(Br)(Br)Br)cc1NC(=O)N[C@@H](Cc1ccccc1)C(=O)OCCCCCCCCCCCC(Br)(Br)Br. The molecule has 0 unspecified atom stereocenters. The highest BCUT2D eigenvalue weighted by molar-refractivity contribution is 9.39. The maximum absolute atomic E-state index is 13.5. The first-order valence-corrected chi connectivity index (χ1v) is 28.6. The summed E-state index contributed by atoms with van der Waals surface area (Å²) in [6, 6.07) is 21.1. The van der Waals surface area contributed by atoms with Crippen LogP contribution in [0, 0.1) is 6.92 Å². The second kappa shape index (κ2) is 34.4. The van der Waals surface area contributed by atoms with Crippen LogP contribution in [0.3, 0.4) is 0 Å². The number of urea groups is 2. The van der Waals surface area contributed by atoms with Crippen LogP contribution in [0.15, 0.2) is 78.9 Å². The van der Waals surface area contributed by atoms with Crippen molar-refractivity contribution < 1.29 is 28.7 Å². The number of rotatable bonds is 32. The zero-order chi connectivity index (χ0) is 48.8. The Hall–Kier alpha value is -1.98. The van der Waals surface area contributed by atoms with E-state index in [1.165, 1.54) is 51.4 Å². The Labute approximate surface area is 450 Å². The lowest BCUT2D eigenvalue weighted by molar-refractivity contribution is -0.146. The second-order valence-corrected chi connectivity index (χ2v) is 31.6. The number of unbranched alkanes of at least 4 members (excludes halogenated alkanes) is 16. The van der Waals surface area contributed by atoms with E-state index < -0.39 is 36.1 Å². The number of anilines is 2. The summed E-state index contributed by atoms with van der Waals surface area (Å²) in [5.74, 6) is -0.990. The van der Waals surface area contributed by atoms with Gasteiger partial charge in [-0.05, 0) is 61.4 Å². The number of nitrogens with one attached hydrogen (secondary N) is 4. The topological polar surface area (TPSA) is 135 Å². The number of aryl methyl sites for hydroxylation is 1. The van der Waals surface area contributed by atoms with Crippen LogP contribution in [-0.2, 0) is 31.9 Å². The molecule has 0 aliphatic rings. The predicted octanol–water partition coefficient (Wildman–Crippen LogP) is 16.0. The number of ether oxygens (including phenoxy) is 2. The number of amides is 4. The van der Waals surface area contributed by atoms with Crippen molar-refractivity contribution in [2.24, 2.45) is 0 Å². The minimum atomic E-state index is -0.917. The molecule has 372 valence electrons. The van der Waals surface area contributed by atoms with Crippen molar-refractivity contribution in [2.75, 3.05) is 23.8 Å². The summed E-state index contributed by atoms with van der Waals surface area (Å²) >= 11 is 21.3. The molecule has 16 heteroatoms. The molecule has 4 N–H and O–H groups in total. The average molecular weight is 1310 g/mol. The van der Waals surface area contributed by atoms with E-state index in [1.54, 1.807) is 18.2 Å². The molecule has 0 bridgehead atoms. The highest BCUT2D eigenvalue weighted by Gasteiger charge is 2.25. The number of benzene rings is 3. The third-order valence-corrected chi connectivity index (χ3v) is 13.6. The van der Waals surface area contributed by atoms with Crippen LogP contribution < -0.4 is 21.3 Å². The van der Waals surface area contributed by atoms with Gasteiger partial charge in [-0.1, -0.05) is 265 Å². The Balaban J connectivity index is 1.47. The molecule has 0 heterocycles. The van der Waals surface area contributed by atoms with Crippen LogP contribution in [0.4, 0.5) is 21.0 Å². The third-order valence-electron chi connectivity index (χ3n) is 11.2. The van der Waals surface area contributed by atoms with E-state index in [-0.39, 0.29) is 30.3 Å². The molecule has 10 nitrogen and oxygen atoms in total. The molecule has 0 spiro atoms. The second-order valence-electron chi connectivity index (χ2n) is 17.1. The quantitative estimate of drug-likeness (QED) is 0.0279. The number of carbonyl (C=O) groups is 4. The van der Waals surface area contributed by atoms with Gasteiger partial charge in [-0.3, -0.25) is 0 Å². The molecule has 67 heavy (non-hydrogen) atoms. The Bertz CT molecular complexity index is 1870. The van der Waals surface area contributed by atoms with E-state index in [4.69, 9.17) is 9.47 Å². The van der Waals surface area contributed by atoms with Gasteiger partial charge >= 0.3 is 24.0 Å². The first kappa shape index (κ1) is 59.3. The lowest BCUT2D eigenvalue weighted by atomic mass is 10.1. The van der Waals surface area contributed by atoms with Crippen molar-refractivity contribution in [1.29, 1.82) is 0 Å². The van der Waals surface area contributed by atoms with Crippen molar-refractivity contribution in [3.8, 4) is 0 Å². The van der Waals surface area contributed by atoms with Gasteiger partial charge < -0.3 is 30.7 Å². The molecule has 0 aliphatic heterocycles. The van der Waals surface area contributed by atoms with Gasteiger partial charge in [0.25, 0.3) is 0 Å². The van der Waals surface area contributed by atoms with Crippen molar-refractivity contribution in [3.05, 3.63) is 95.6 Å². The highest BCUT2D eigenvalue weighted by Crippen LogP contribution is 2.39. The van der Waals surface area contributed by atoms with Gasteiger partial charge in [0.05, 0.1) is 13.2 Å². The first-order valence-electron chi connectivity index (χ1n) is 23.9. The minimum Gasteiger partial charge on any atom is -0.464 e. The summed E-state index contributed by atoms with van der Waals surface area (Å²) < 4.78 is 11.1. The largest absolute Gasteiger partial charge is 0.464 e. The van der Waals surface area contributed by atoms with Gasteiger partial charge in [0.2, 0.25) is 0 Å². The summed E-state index contributed by atoms with van der Waals surface area (Å²) in [6.45, 7) is 2.40. The number of alkyl halides is 6. The number of halogens is 6. The van der Waals surface area contributed by atoms with E-state index in [9.17, 15) is 19.2 Å². The lowest BCUT2D eigenvalue weighted by Gasteiger charge is -2.20. The third kappa shape index (κ3) is 29.7. The van der Waals surface area contributed by atoms with Gasteiger partial charge in [0.15, 0.2) is 0 Å². The summed E-state index contributed by atoms with van der Waals surface area (Å²) in [7, 11) is 0. The maximum atomic E-state index is 13.5. The molecule has 0 aliphatic carbocycles. The number of hydrogen-bond donors (Lipinski definition) is 4. The van der Waals surface area contributed by atoms with Crippen molar-refractivity contribution in [1.82, 2.24) is 10.6 Å². The van der Waals surface area contributed by atoms with E-state index in [1.807, 2.05) is 67.6 Å². The molecular weight excluding hydrogens is 1240 g/mol. The minimum absolute atomic E-state index is 0.147. The number of carbonyl (C=O) groups excluding carboxylic acids is 4. The van der Waals surface area contributed by atoms with Crippen molar-refractivity contribution >= 4 is 131 Å². The fraction of sp³-hybridized carbons (Fsp3) is 0.569. The van der Waals surface area contributed by atoms with Gasteiger partial charge in [0, 0.05) is 24.2 Å². The lowest BCUT2D eigenvalue weighted by Crippen LogP contribution is -2.45.